The number of hydrogen-bond acceptors (Lipinski definition) is 4. The number of benzene rings is 1. The fraction of sp³-hybridized carbons (Fsp3) is 0.0769. The number of pyridine rings is 1. The van der Waals surface area contributed by atoms with Crippen molar-refractivity contribution in [2.75, 3.05) is 7.11 Å². The Morgan fingerprint density at radius 3 is 2.53 bits per heavy atom. The van der Waals surface area contributed by atoms with Gasteiger partial charge in [0.2, 0.25) is 0 Å². The Balaban J connectivity index is 2.48. The van der Waals surface area contributed by atoms with Crippen LogP contribution in [-0.4, -0.2) is 23.2 Å². The Labute approximate surface area is 98.5 Å². The zero-order chi connectivity index (χ0) is 12.3. The predicted octanol–water partition coefficient (Wildman–Crippen LogP) is 2.24. The fourth-order valence-electron chi connectivity index (χ4n) is 1.53. The molecular weight excluding hydrogens is 218 g/mol. The predicted molar refractivity (Wildman–Crippen MR) is 62.7 cm³/mol. The van der Waals surface area contributed by atoms with Crippen LogP contribution in [0.15, 0.2) is 42.7 Å². The number of nitrogens with zero attached hydrogens (tertiary/aromatic N) is 1. The minimum Gasteiger partial charge on any atom is -0.507 e. The van der Waals surface area contributed by atoms with E-state index in [0.29, 0.717) is 0 Å². The van der Waals surface area contributed by atoms with Crippen LogP contribution >= 0.6 is 0 Å². The van der Waals surface area contributed by atoms with Gasteiger partial charge >= 0.3 is 5.97 Å². The Morgan fingerprint density at radius 2 is 1.88 bits per heavy atom. The first kappa shape index (κ1) is 11.1. The van der Waals surface area contributed by atoms with Gasteiger partial charge in [-0.3, -0.25) is 4.98 Å². The van der Waals surface area contributed by atoms with Crippen LogP contribution in [0.5, 0.6) is 5.75 Å². The smallest absolute Gasteiger partial charge is 0.341 e. The number of aromatic hydroxyl groups is 1. The third-order valence-corrected chi connectivity index (χ3v) is 2.42. The van der Waals surface area contributed by atoms with Gasteiger partial charge in [0.25, 0.3) is 0 Å². The Kier molecular flexibility index (Phi) is 3.05. The molecule has 17 heavy (non-hydrogen) atoms. The normalized spacial score (nSPS) is 9.94. The molecule has 0 amide bonds. The average molecular weight is 229 g/mol. The van der Waals surface area contributed by atoms with E-state index in [4.69, 9.17) is 0 Å². The molecule has 0 aliphatic heterocycles. The summed E-state index contributed by atoms with van der Waals surface area (Å²) in [5.41, 5.74) is 1.90. The molecule has 4 heteroatoms. The lowest BCUT2D eigenvalue weighted by Gasteiger charge is -2.06. The largest absolute Gasteiger partial charge is 0.507 e. The number of phenolic OH excluding ortho intramolecular Hbond substituents is 1. The van der Waals surface area contributed by atoms with Crippen LogP contribution in [0.4, 0.5) is 0 Å². The molecule has 0 fully saturated rings. The molecule has 86 valence electrons. The number of carbonyl (C=O) groups excluding carboxylic acids is 1. The maximum atomic E-state index is 11.4. The first-order chi connectivity index (χ1) is 8.22. The van der Waals surface area contributed by atoms with Crippen molar-refractivity contribution in [2.45, 2.75) is 0 Å². The van der Waals surface area contributed by atoms with E-state index < -0.39 is 5.97 Å². The van der Waals surface area contributed by atoms with Gasteiger partial charge in [-0.05, 0) is 35.4 Å². The van der Waals surface area contributed by atoms with E-state index in [1.807, 2.05) is 12.1 Å². The van der Waals surface area contributed by atoms with E-state index in [0.717, 1.165) is 11.1 Å². The van der Waals surface area contributed by atoms with Gasteiger partial charge in [-0.15, -0.1) is 0 Å². The van der Waals surface area contributed by atoms with Crippen LogP contribution in [-0.2, 0) is 4.74 Å². The quantitative estimate of drug-likeness (QED) is 0.802. The minimum atomic E-state index is -0.557. The van der Waals surface area contributed by atoms with Gasteiger partial charge in [0.05, 0.1) is 7.11 Å². The van der Waals surface area contributed by atoms with E-state index in [1.54, 1.807) is 24.5 Å². The monoisotopic (exact) mass is 229 g/mol. The lowest BCUT2D eigenvalue weighted by molar-refractivity contribution is 0.0597. The van der Waals surface area contributed by atoms with Gasteiger partial charge in [0, 0.05) is 12.4 Å². The van der Waals surface area contributed by atoms with Gasteiger partial charge in [-0.25, -0.2) is 4.79 Å². The summed E-state index contributed by atoms with van der Waals surface area (Å²) in [4.78, 5) is 15.3. The number of phenols is 1. The molecule has 0 aliphatic rings. The van der Waals surface area contributed by atoms with Crippen molar-refractivity contribution in [1.29, 1.82) is 0 Å². The highest BCUT2D eigenvalue weighted by molar-refractivity contribution is 5.93. The van der Waals surface area contributed by atoms with Crippen molar-refractivity contribution < 1.29 is 14.6 Å². The van der Waals surface area contributed by atoms with E-state index in [-0.39, 0.29) is 11.3 Å². The first-order valence-corrected chi connectivity index (χ1v) is 5.04. The highest BCUT2D eigenvalue weighted by atomic mass is 16.5. The standard InChI is InChI=1S/C13H11NO3/c1-17-13(16)11-8-10(2-3-12(11)15)9-4-6-14-7-5-9/h2-8,15H,1H3. The van der Waals surface area contributed by atoms with Gasteiger partial charge in [-0.1, -0.05) is 6.07 Å². The molecule has 0 atom stereocenters. The molecular formula is C13H11NO3. The molecule has 2 rings (SSSR count). The summed E-state index contributed by atoms with van der Waals surface area (Å²) in [5.74, 6) is -0.645. The average Bonchev–Trinajstić information content (AvgIpc) is 2.39. The van der Waals surface area contributed by atoms with E-state index >= 15 is 0 Å². The van der Waals surface area contributed by atoms with Gasteiger partial charge in [-0.2, -0.15) is 0 Å². The maximum Gasteiger partial charge on any atom is 0.341 e. The molecule has 2 aromatic rings. The van der Waals surface area contributed by atoms with Crippen molar-refractivity contribution in [2.24, 2.45) is 0 Å². The number of aromatic nitrogens is 1. The van der Waals surface area contributed by atoms with Crippen LogP contribution in [0.1, 0.15) is 10.4 Å². The molecule has 0 saturated heterocycles. The fourth-order valence-corrected chi connectivity index (χ4v) is 1.53. The highest BCUT2D eigenvalue weighted by Gasteiger charge is 2.12. The number of esters is 1. The Hall–Kier alpha value is -2.36. The summed E-state index contributed by atoms with van der Waals surface area (Å²) in [6.45, 7) is 0. The molecule has 0 unspecified atom stereocenters. The molecule has 1 aromatic carbocycles. The van der Waals surface area contributed by atoms with Crippen LogP contribution in [0, 0.1) is 0 Å². The van der Waals surface area contributed by atoms with Crippen molar-refractivity contribution in [3.63, 3.8) is 0 Å². The van der Waals surface area contributed by atoms with Crippen molar-refractivity contribution >= 4 is 5.97 Å². The van der Waals surface area contributed by atoms with E-state index in [2.05, 4.69) is 9.72 Å². The van der Waals surface area contributed by atoms with Gasteiger partial charge in [0.1, 0.15) is 11.3 Å². The Bertz CT molecular complexity index is 538. The highest BCUT2D eigenvalue weighted by Crippen LogP contribution is 2.25. The van der Waals surface area contributed by atoms with Crippen LogP contribution in [0.2, 0.25) is 0 Å². The third-order valence-electron chi connectivity index (χ3n) is 2.42. The number of hydrogen-bond donors (Lipinski definition) is 1. The molecule has 0 saturated carbocycles. The molecule has 1 N–H and O–H groups in total. The van der Waals surface area contributed by atoms with Crippen LogP contribution in [0.3, 0.4) is 0 Å². The van der Waals surface area contributed by atoms with Crippen molar-refractivity contribution in [3.8, 4) is 16.9 Å². The first-order valence-electron chi connectivity index (χ1n) is 5.04. The van der Waals surface area contributed by atoms with Gasteiger partial charge in [0.15, 0.2) is 0 Å². The molecule has 4 nitrogen and oxygen atoms in total. The third kappa shape index (κ3) is 2.25. The second-order valence-electron chi connectivity index (χ2n) is 3.46. The number of carbonyl (C=O) groups is 1. The summed E-state index contributed by atoms with van der Waals surface area (Å²) >= 11 is 0. The number of ether oxygens (including phenoxy) is 1. The second kappa shape index (κ2) is 4.65. The summed E-state index contributed by atoms with van der Waals surface area (Å²) < 4.78 is 4.60. The zero-order valence-electron chi connectivity index (χ0n) is 9.25. The van der Waals surface area contributed by atoms with E-state index in [1.165, 1.54) is 13.2 Å². The van der Waals surface area contributed by atoms with Crippen molar-refractivity contribution in [3.05, 3.63) is 48.3 Å². The van der Waals surface area contributed by atoms with Crippen LogP contribution < -0.4 is 0 Å². The summed E-state index contributed by atoms with van der Waals surface area (Å²) in [6, 6.07) is 8.45. The SMILES string of the molecule is COC(=O)c1cc(-c2ccncc2)ccc1O. The molecule has 0 bridgehead atoms. The minimum absolute atomic E-state index is 0.0883. The summed E-state index contributed by atoms with van der Waals surface area (Å²) in [5, 5.41) is 9.57. The van der Waals surface area contributed by atoms with Gasteiger partial charge < -0.3 is 9.84 Å². The molecule has 0 spiro atoms. The van der Waals surface area contributed by atoms with Crippen molar-refractivity contribution in [1.82, 2.24) is 4.98 Å². The second-order valence-corrected chi connectivity index (χ2v) is 3.46. The molecule has 1 heterocycles. The summed E-state index contributed by atoms with van der Waals surface area (Å²) in [6.07, 6.45) is 3.33. The van der Waals surface area contributed by atoms with Crippen LogP contribution in [0.25, 0.3) is 11.1 Å². The number of rotatable bonds is 2. The topological polar surface area (TPSA) is 59.4 Å². The molecule has 1 aromatic heterocycles. The number of methoxy groups -OCH3 is 1. The van der Waals surface area contributed by atoms with E-state index in [9.17, 15) is 9.90 Å². The maximum absolute atomic E-state index is 11.4. The zero-order valence-corrected chi connectivity index (χ0v) is 9.25. The summed E-state index contributed by atoms with van der Waals surface area (Å²) in [7, 11) is 1.28. The Morgan fingerprint density at radius 1 is 1.18 bits per heavy atom. The lowest BCUT2D eigenvalue weighted by Crippen LogP contribution is -2.01. The lowest BCUT2D eigenvalue weighted by atomic mass is 10.0. The molecule has 0 radical (unpaired) electrons. The molecule has 0 aliphatic carbocycles.